The second kappa shape index (κ2) is 4.86. The summed E-state index contributed by atoms with van der Waals surface area (Å²) in [5, 5.41) is 2.36. The number of imidazole rings is 1. The maximum atomic E-state index is 5.83. The SMILES string of the molecule is NCc1cnc(N2CCn3ccnc3C2)c2ccccc12. The highest BCUT2D eigenvalue weighted by molar-refractivity contribution is 5.94. The number of pyridine rings is 1. The van der Waals surface area contributed by atoms with Crippen molar-refractivity contribution < 1.29 is 0 Å². The average Bonchev–Trinajstić information content (AvgIpc) is 3.01. The van der Waals surface area contributed by atoms with Crippen LogP contribution in [0.1, 0.15) is 11.4 Å². The van der Waals surface area contributed by atoms with Crippen molar-refractivity contribution in [2.24, 2.45) is 5.73 Å². The zero-order valence-corrected chi connectivity index (χ0v) is 11.7. The molecule has 106 valence electrons. The van der Waals surface area contributed by atoms with E-state index in [1.807, 2.05) is 24.7 Å². The smallest absolute Gasteiger partial charge is 0.136 e. The van der Waals surface area contributed by atoms with E-state index in [-0.39, 0.29) is 0 Å². The Morgan fingerprint density at radius 1 is 1.10 bits per heavy atom. The van der Waals surface area contributed by atoms with E-state index in [1.165, 1.54) is 10.8 Å². The van der Waals surface area contributed by atoms with Crippen molar-refractivity contribution in [3.05, 3.63) is 54.2 Å². The second-order valence-electron chi connectivity index (χ2n) is 5.32. The van der Waals surface area contributed by atoms with Crippen LogP contribution < -0.4 is 10.6 Å². The molecule has 2 aromatic heterocycles. The van der Waals surface area contributed by atoms with Gasteiger partial charge in [0.15, 0.2) is 0 Å². The summed E-state index contributed by atoms with van der Waals surface area (Å²) < 4.78 is 2.20. The van der Waals surface area contributed by atoms with Gasteiger partial charge in [-0.05, 0) is 10.9 Å². The minimum absolute atomic E-state index is 0.512. The molecule has 0 unspecified atom stereocenters. The van der Waals surface area contributed by atoms with E-state index in [0.717, 1.165) is 36.8 Å². The number of nitrogens with zero attached hydrogens (tertiary/aromatic N) is 4. The van der Waals surface area contributed by atoms with E-state index in [2.05, 4.69) is 37.6 Å². The lowest BCUT2D eigenvalue weighted by Gasteiger charge is -2.29. The Labute approximate surface area is 123 Å². The number of fused-ring (bicyclic) bond motifs is 2. The minimum Gasteiger partial charge on any atom is -0.347 e. The van der Waals surface area contributed by atoms with Crippen molar-refractivity contribution in [3.63, 3.8) is 0 Å². The van der Waals surface area contributed by atoms with E-state index >= 15 is 0 Å². The van der Waals surface area contributed by atoms with Gasteiger partial charge in [-0.25, -0.2) is 9.97 Å². The number of hydrogen-bond acceptors (Lipinski definition) is 4. The molecule has 1 aliphatic heterocycles. The number of rotatable bonds is 2. The third-order valence-electron chi connectivity index (χ3n) is 4.12. The first-order valence-electron chi connectivity index (χ1n) is 7.18. The van der Waals surface area contributed by atoms with E-state index < -0.39 is 0 Å². The zero-order valence-electron chi connectivity index (χ0n) is 11.7. The molecule has 21 heavy (non-hydrogen) atoms. The third-order valence-corrected chi connectivity index (χ3v) is 4.12. The molecule has 0 saturated carbocycles. The molecule has 2 N–H and O–H groups in total. The highest BCUT2D eigenvalue weighted by Gasteiger charge is 2.20. The van der Waals surface area contributed by atoms with Crippen molar-refractivity contribution in [3.8, 4) is 0 Å². The number of hydrogen-bond donors (Lipinski definition) is 1. The summed E-state index contributed by atoms with van der Waals surface area (Å²) in [7, 11) is 0. The molecule has 0 aliphatic carbocycles. The van der Waals surface area contributed by atoms with Gasteiger partial charge in [0.25, 0.3) is 0 Å². The Morgan fingerprint density at radius 2 is 1.95 bits per heavy atom. The number of benzene rings is 1. The summed E-state index contributed by atoms with van der Waals surface area (Å²) in [6, 6.07) is 8.35. The van der Waals surface area contributed by atoms with E-state index in [0.29, 0.717) is 6.54 Å². The third kappa shape index (κ3) is 1.97. The standard InChI is InChI=1S/C16H17N5/c17-9-12-10-19-16(14-4-2-1-3-13(12)14)21-8-7-20-6-5-18-15(20)11-21/h1-6,10H,7-9,11,17H2. The lowest BCUT2D eigenvalue weighted by molar-refractivity contribution is 0.557. The number of nitrogens with two attached hydrogens (primary N) is 1. The van der Waals surface area contributed by atoms with Crippen molar-refractivity contribution in [1.29, 1.82) is 0 Å². The van der Waals surface area contributed by atoms with Crippen LogP contribution in [0, 0.1) is 0 Å². The van der Waals surface area contributed by atoms with Crippen LogP contribution in [0.4, 0.5) is 5.82 Å². The minimum atomic E-state index is 0.512. The maximum absolute atomic E-state index is 5.83. The van der Waals surface area contributed by atoms with Crippen LogP contribution >= 0.6 is 0 Å². The first kappa shape index (κ1) is 12.3. The summed E-state index contributed by atoms with van der Waals surface area (Å²) in [5.41, 5.74) is 6.92. The quantitative estimate of drug-likeness (QED) is 0.778. The monoisotopic (exact) mass is 279 g/mol. The van der Waals surface area contributed by atoms with Crippen molar-refractivity contribution in [1.82, 2.24) is 14.5 Å². The Morgan fingerprint density at radius 3 is 2.81 bits per heavy atom. The Hall–Kier alpha value is -2.40. The Balaban J connectivity index is 1.81. The van der Waals surface area contributed by atoms with Crippen LogP contribution in [0.3, 0.4) is 0 Å². The lowest BCUT2D eigenvalue weighted by Crippen LogP contribution is -2.34. The molecule has 0 bridgehead atoms. The van der Waals surface area contributed by atoms with Gasteiger partial charge in [-0.15, -0.1) is 0 Å². The topological polar surface area (TPSA) is 60.0 Å². The molecule has 3 heterocycles. The normalized spacial score (nSPS) is 14.4. The number of aromatic nitrogens is 3. The van der Waals surface area contributed by atoms with Crippen LogP contribution in [-0.4, -0.2) is 21.1 Å². The molecular formula is C16H17N5. The molecule has 0 fully saturated rings. The molecule has 4 rings (SSSR count). The molecular weight excluding hydrogens is 262 g/mol. The van der Waals surface area contributed by atoms with Gasteiger partial charge in [0.2, 0.25) is 0 Å². The van der Waals surface area contributed by atoms with Crippen LogP contribution in [0.15, 0.2) is 42.9 Å². The van der Waals surface area contributed by atoms with Gasteiger partial charge in [0.05, 0.1) is 6.54 Å². The molecule has 0 radical (unpaired) electrons. The fourth-order valence-electron chi connectivity index (χ4n) is 3.01. The molecule has 3 aromatic rings. The van der Waals surface area contributed by atoms with E-state index in [1.54, 1.807) is 0 Å². The Bertz CT molecular complexity index is 792. The lowest BCUT2D eigenvalue weighted by atomic mass is 10.1. The summed E-state index contributed by atoms with van der Waals surface area (Å²) in [5.74, 6) is 2.12. The zero-order chi connectivity index (χ0) is 14.2. The predicted octanol–water partition coefficient (Wildman–Crippen LogP) is 1.91. The van der Waals surface area contributed by atoms with Crippen LogP contribution in [-0.2, 0) is 19.6 Å². The van der Waals surface area contributed by atoms with Gasteiger partial charge < -0.3 is 15.2 Å². The average molecular weight is 279 g/mol. The van der Waals surface area contributed by atoms with Crippen molar-refractivity contribution in [2.75, 3.05) is 11.4 Å². The summed E-state index contributed by atoms with van der Waals surface area (Å²) in [4.78, 5) is 11.4. The summed E-state index contributed by atoms with van der Waals surface area (Å²) in [6.45, 7) is 3.20. The summed E-state index contributed by atoms with van der Waals surface area (Å²) in [6.07, 6.45) is 5.80. The fourth-order valence-corrected chi connectivity index (χ4v) is 3.01. The van der Waals surface area contributed by atoms with Crippen molar-refractivity contribution >= 4 is 16.6 Å². The summed E-state index contributed by atoms with van der Waals surface area (Å²) >= 11 is 0. The molecule has 5 heteroatoms. The maximum Gasteiger partial charge on any atom is 0.136 e. The first-order chi connectivity index (χ1) is 10.4. The predicted molar refractivity (Wildman–Crippen MR) is 82.9 cm³/mol. The van der Waals surface area contributed by atoms with Gasteiger partial charge in [-0.1, -0.05) is 24.3 Å². The highest BCUT2D eigenvalue weighted by atomic mass is 15.3. The molecule has 1 aromatic carbocycles. The van der Waals surface area contributed by atoms with E-state index in [9.17, 15) is 0 Å². The van der Waals surface area contributed by atoms with Crippen LogP contribution in [0.25, 0.3) is 10.8 Å². The fraction of sp³-hybridized carbons (Fsp3) is 0.250. The number of anilines is 1. The van der Waals surface area contributed by atoms with Gasteiger partial charge in [-0.3, -0.25) is 0 Å². The molecule has 0 atom stereocenters. The molecule has 0 spiro atoms. The molecule has 0 saturated heterocycles. The van der Waals surface area contributed by atoms with Crippen LogP contribution in [0.5, 0.6) is 0 Å². The first-order valence-corrected chi connectivity index (χ1v) is 7.18. The molecule has 1 aliphatic rings. The highest BCUT2D eigenvalue weighted by Crippen LogP contribution is 2.29. The largest absolute Gasteiger partial charge is 0.347 e. The van der Waals surface area contributed by atoms with Gasteiger partial charge in [-0.2, -0.15) is 0 Å². The van der Waals surface area contributed by atoms with Crippen LogP contribution in [0.2, 0.25) is 0 Å². The van der Waals surface area contributed by atoms with Gasteiger partial charge in [0.1, 0.15) is 11.6 Å². The van der Waals surface area contributed by atoms with Gasteiger partial charge >= 0.3 is 0 Å². The second-order valence-corrected chi connectivity index (χ2v) is 5.32. The molecule has 0 amide bonds. The van der Waals surface area contributed by atoms with Crippen molar-refractivity contribution in [2.45, 2.75) is 19.6 Å². The molecule has 5 nitrogen and oxygen atoms in total. The Kier molecular flexibility index (Phi) is 2.86. The van der Waals surface area contributed by atoms with Gasteiger partial charge in [0, 0.05) is 43.6 Å². The van der Waals surface area contributed by atoms with E-state index in [4.69, 9.17) is 5.73 Å².